The van der Waals surface area contributed by atoms with Crippen molar-refractivity contribution in [2.75, 3.05) is 39.4 Å². The summed E-state index contributed by atoms with van der Waals surface area (Å²) < 4.78 is 16.2. The van der Waals surface area contributed by atoms with Crippen LogP contribution in [0.15, 0.2) is 33.4 Å². The van der Waals surface area contributed by atoms with Crippen molar-refractivity contribution >= 4 is 5.91 Å². The molecule has 2 N–H and O–H groups in total. The summed E-state index contributed by atoms with van der Waals surface area (Å²) in [6.07, 6.45) is 3.98. The van der Waals surface area contributed by atoms with E-state index in [1.54, 1.807) is 6.26 Å². The number of carbonyl (C=O) groups excluding carboxylic acids is 1. The lowest BCUT2D eigenvalue weighted by Gasteiger charge is -2.31. The van der Waals surface area contributed by atoms with E-state index in [2.05, 4.69) is 26.8 Å². The van der Waals surface area contributed by atoms with Crippen molar-refractivity contribution in [2.24, 2.45) is 11.8 Å². The highest BCUT2D eigenvalue weighted by molar-refractivity contribution is 5.76. The summed E-state index contributed by atoms with van der Waals surface area (Å²) in [6, 6.07) is 5.76. The number of nitrogens with zero attached hydrogens (tertiary/aromatic N) is 2. The molecule has 2 aromatic rings. The van der Waals surface area contributed by atoms with Crippen LogP contribution >= 0.6 is 0 Å². The molecule has 4 rings (SSSR count). The largest absolute Gasteiger partial charge is 0.467 e. The number of amides is 1. The van der Waals surface area contributed by atoms with E-state index in [-0.39, 0.29) is 5.91 Å². The van der Waals surface area contributed by atoms with Crippen LogP contribution in [0.5, 0.6) is 0 Å². The van der Waals surface area contributed by atoms with Crippen molar-refractivity contribution < 1.29 is 18.5 Å². The quantitative estimate of drug-likeness (QED) is 0.692. The van der Waals surface area contributed by atoms with Crippen molar-refractivity contribution in [3.05, 3.63) is 41.7 Å². The summed E-state index contributed by atoms with van der Waals surface area (Å²) in [5.74, 6) is 2.46. The molecule has 2 atom stereocenters. The number of hydrogen-bond acceptors (Lipinski definition) is 7. The van der Waals surface area contributed by atoms with Gasteiger partial charge in [0.2, 0.25) is 5.91 Å². The van der Waals surface area contributed by atoms with E-state index >= 15 is 0 Å². The van der Waals surface area contributed by atoms with Gasteiger partial charge in [0.25, 0.3) is 0 Å². The molecule has 4 heterocycles. The molecule has 8 heteroatoms. The van der Waals surface area contributed by atoms with Gasteiger partial charge in [-0.1, -0.05) is 5.16 Å². The Kier molecular flexibility index (Phi) is 6.97. The van der Waals surface area contributed by atoms with E-state index in [0.29, 0.717) is 24.8 Å². The van der Waals surface area contributed by atoms with Crippen LogP contribution in [0.25, 0.3) is 0 Å². The minimum atomic E-state index is 0.0754. The third kappa shape index (κ3) is 5.91. The van der Waals surface area contributed by atoms with Crippen LogP contribution in [0.1, 0.15) is 30.1 Å². The third-order valence-electron chi connectivity index (χ3n) is 5.81. The minimum absolute atomic E-state index is 0.0754. The second kappa shape index (κ2) is 10.0. The molecule has 2 fully saturated rings. The number of ether oxygens (including phenoxy) is 1. The Bertz CT molecular complexity index is 755. The molecular formula is C21H30N4O4. The fourth-order valence-corrected chi connectivity index (χ4v) is 4.17. The lowest BCUT2D eigenvalue weighted by molar-refractivity contribution is -0.122. The Labute approximate surface area is 170 Å². The van der Waals surface area contributed by atoms with E-state index in [1.807, 2.05) is 12.1 Å². The van der Waals surface area contributed by atoms with Crippen molar-refractivity contribution in [2.45, 2.75) is 32.4 Å². The standard InChI is InChI=1S/C21H30N4O4/c26-21(23-14-19-2-1-7-28-19)11-16-3-4-22-13-17(16)10-18-12-20(29-24-18)15-25-5-8-27-9-6-25/h1-2,7,12,16-17,22H,3-6,8-11,13-15H2,(H,23,26). The number of hydrogen-bond donors (Lipinski definition) is 2. The topological polar surface area (TPSA) is 92.8 Å². The molecule has 2 aliphatic heterocycles. The summed E-state index contributed by atoms with van der Waals surface area (Å²) in [5.41, 5.74) is 0.975. The molecule has 0 spiro atoms. The highest BCUT2D eigenvalue weighted by Crippen LogP contribution is 2.26. The van der Waals surface area contributed by atoms with Crippen molar-refractivity contribution in [1.29, 1.82) is 0 Å². The molecule has 2 aliphatic rings. The number of carbonyl (C=O) groups is 1. The summed E-state index contributed by atoms with van der Waals surface area (Å²) in [4.78, 5) is 14.7. The van der Waals surface area contributed by atoms with E-state index in [9.17, 15) is 4.79 Å². The van der Waals surface area contributed by atoms with Crippen LogP contribution in [-0.4, -0.2) is 55.4 Å². The fraction of sp³-hybridized carbons (Fsp3) is 0.619. The van der Waals surface area contributed by atoms with Gasteiger partial charge in [-0.15, -0.1) is 0 Å². The molecule has 2 unspecified atom stereocenters. The average molecular weight is 402 g/mol. The number of furan rings is 1. The van der Waals surface area contributed by atoms with Crippen molar-refractivity contribution in [3.63, 3.8) is 0 Å². The predicted octanol–water partition coefficient (Wildman–Crippen LogP) is 1.57. The summed E-state index contributed by atoms with van der Waals surface area (Å²) >= 11 is 0. The zero-order valence-corrected chi connectivity index (χ0v) is 16.8. The van der Waals surface area contributed by atoms with Crippen LogP contribution < -0.4 is 10.6 Å². The maximum Gasteiger partial charge on any atom is 0.220 e. The summed E-state index contributed by atoms with van der Waals surface area (Å²) in [5, 5.41) is 10.7. The molecule has 0 aromatic carbocycles. The zero-order valence-electron chi connectivity index (χ0n) is 16.8. The fourth-order valence-electron chi connectivity index (χ4n) is 4.17. The Morgan fingerprint density at radius 2 is 2.17 bits per heavy atom. The smallest absolute Gasteiger partial charge is 0.220 e. The van der Waals surface area contributed by atoms with E-state index in [0.717, 1.165) is 76.0 Å². The second-order valence-electron chi connectivity index (χ2n) is 7.95. The van der Waals surface area contributed by atoms with Crippen LogP contribution in [0, 0.1) is 11.8 Å². The van der Waals surface area contributed by atoms with E-state index in [1.165, 1.54) is 0 Å². The number of rotatable bonds is 8. The predicted molar refractivity (Wildman–Crippen MR) is 106 cm³/mol. The van der Waals surface area contributed by atoms with Crippen LogP contribution in [-0.2, 0) is 29.0 Å². The lowest BCUT2D eigenvalue weighted by Crippen LogP contribution is -2.40. The SMILES string of the molecule is O=C(CC1CCNCC1Cc1cc(CN2CCOCC2)on1)NCc1ccco1. The monoisotopic (exact) mass is 402 g/mol. The Morgan fingerprint density at radius 3 is 3.00 bits per heavy atom. The van der Waals surface area contributed by atoms with Gasteiger partial charge in [-0.25, -0.2) is 0 Å². The highest BCUT2D eigenvalue weighted by Gasteiger charge is 2.28. The first-order valence-electron chi connectivity index (χ1n) is 10.5. The van der Waals surface area contributed by atoms with Gasteiger partial charge in [0, 0.05) is 25.6 Å². The molecule has 2 aromatic heterocycles. The van der Waals surface area contributed by atoms with Gasteiger partial charge < -0.3 is 24.3 Å². The minimum Gasteiger partial charge on any atom is -0.467 e. The van der Waals surface area contributed by atoms with E-state index < -0.39 is 0 Å². The van der Waals surface area contributed by atoms with Crippen LogP contribution in [0.4, 0.5) is 0 Å². The van der Waals surface area contributed by atoms with Crippen molar-refractivity contribution in [3.8, 4) is 0 Å². The maximum absolute atomic E-state index is 12.4. The molecule has 0 aliphatic carbocycles. The van der Waals surface area contributed by atoms with Gasteiger partial charge >= 0.3 is 0 Å². The second-order valence-corrected chi connectivity index (χ2v) is 7.95. The summed E-state index contributed by atoms with van der Waals surface area (Å²) in [6.45, 7) is 6.48. The van der Waals surface area contributed by atoms with Gasteiger partial charge in [-0.3, -0.25) is 9.69 Å². The highest BCUT2D eigenvalue weighted by atomic mass is 16.5. The third-order valence-corrected chi connectivity index (χ3v) is 5.81. The Hall–Kier alpha value is -2.16. The first-order valence-corrected chi connectivity index (χ1v) is 10.5. The molecular weight excluding hydrogens is 372 g/mol. The Morgan fingerprint density at radius 1 is 1.28 bits per heavy atom. The normalized spacial score (nSPS) is 23.2. The molecule has 1 amide bonds. The molecule has 0 saturated carbocycles. The average Bonchev–Trinajstić information content (AvgIpc) is 3.41. The summed E-state index contributed by atoms with van der Waals surface area (Å²) in [7, 11) is 0. The first kappa shape index (κ1) is 20.1. The number of aromatic nitrogens is 1. The molecule has 0 radical (unpaired) electrons. The van der Waals surface area contributed by atoms with Crippen LogP contribution in [0.2, 0.25) is 0 Å². The van der Waals surface area contributed by atoms with E-state index in [4.69, 9.17) is 13.7 Å². The number of piperidine rings is 1. The Balaban J connectivity index is 1.27. The van der Waals surface area contributed by atoms with Crippen molar-refractivity contribution in [1.82, 2.24) is 20.7 Å². The molecule has 29 heavy (non-hydrogen) atoms. The molecule has 0 bridgehead atoms. The van der Waals surface area contributed by atoms with Crippen LogP contribution in [0.3, 0.4) is 0 Å². The van der Waals surface area contributed by atoms with Gasteiger partial charge in [0.15, 0.2) is 5.76 Å². The molecule has 158 valence electrons. The lowest BCUT2D eigenvalue weighted by atomic mass is 9.81. The van der Waals surface area contributed by atoms with Gasteiger partial charge in [0.1, 0.15) is 5.76 Å². The van der Waals surface area contributed by atoms with Gasteiger partial charge in [-0.2, -0.15) is 0 Å². The zero-order chi connectivity index (χ0) is 19.9. The molecule has 2 saturated heterocycles. The number of morpholine rings is 1. The van der Waals surface area contributed by atoms with Gasteiger partial charge in [-0.05, 0) is 49.9 Å². The maximum atomic E-state index is 12.4. The molecule has 8 nitrogen and oxygen atoms in total. The van der Waals surface area contributed by atoms with Gasteiger partial charge in [0.05, 0.1) is 38.3 Å². The number of nitrogens with one attached hydrogen (secondary N) is 2. The first-order chi connectivity index (χ1) is 14.3.